The quantitative estimate of drug-likeness (QED) is 0.761. The van der Waals surface area contributed by atoms with Gasteiger partial charge in [0.2, 0.25) is 0 Å². The van der Waals surface area contributed by atoms with Crippen molar-refractivity contribution in [1.29, 1.82) is 0 Å². The van der Waals surface area contributed by atoms with Gasteiger partial charge in [-0.25, -0.2) is 14.9 Å². The summed E-state index contributed by atoms with van der Waals surface area (Å²) in [5.41, 5.74) is 6.03. The van der Waals surface area contributed by atoms with Crippen molar-refractivity contribution in [2.45, 2.75) is 10.2 Å². The van der Waals surface area contributed by atoms with Crippen molar-refractivity contribution in [3.63, 3.8) is 0 Å². The van der Waals surface area contributed by atoms with E-state index in [0.29, 0.717) is 15.9 Å². The fraction of sp³-hybridized carbons (Fsp3) is 0.125. The predicted molar refractivity (Wildman–Crippen MR) is 56.6 cm³/mol. The molecule has 0 fully saturated rings. The molecule has 7 heteroatoms. The van der Waals surface area contributed by atoms with E-state index < -0.39 is 0 Å². The van der Waals surface area contributed by atoms with Gasteiger partial charge in [-0.05, 0) is 23.9 Å². The molecule has 0 saturated carbocycles. The van der Waals surface area contributed by atoms with Gasteiger partial charge in [0.25, 0.3) is 0 Å². The average Bonchev–Trinajstić information content (AvgIpc) is 2.53. The zero-order chi connectivity index (χ0) is 10.8. The Bertz CT molecular complexity index is 532. The molecule has 0 atom stereocenters. The first-order chi connectivity index (χ1) is 7.18. The molecule has 6 nitrogen and oxygen atoms in total. The molecule has 0 radical (unpaired) electrons. The van der Waals surface area contributed by atoms with E-state index in [-0.39, 0.29) is 5.69 Å². The highest BCUT2D eigenvalue weighted by Crippen LogP contribution is 2.26. The number of nitrogens with one attached hydrogen (secondary N) is 1. The molecule has 0 spiro atoms. The number of rotatable bonds is 2. The molecule has 0 aliphatic heterocycles. The Morgan fingerprint density at radius 1 is 1.60 bits per heavy atom. The minimum atomic E-state index is -0.257. The minimum Gasteiger partial charge on any atom is -0.397 e. The lowest BCUT2D eigenvalue weighted by atomic mass is 10.4. The van der Waals surface area contributed by atoms with Crippen LogP contribution in [0.4, 0.5) is 5.69 Å². The van der Waals surface area contributed by atoms with E-state index in [0.717, 1.165) is 0 Å². The van der Waals surface area contributed by atoms with Crippen LogP contribution in [-0.4, -0.2) is 19.7 Å². The highest BCUT2D eigenvalue weighted by Gasteiger charge is 2.08. The van der Waals surface area contributed by atoms with Crippen molar-refractivity contribution in [1.82, 2.24) is 19.7 Å². The topological polar surface area (TPSA) is 89.6 Å². The summed E-state index contributed by atoms with van der Waals surface area (Å²) in [6.45, 7) is 0. The molecule has 0 saturated heterocycles. The van der Waals surface area contributed by atoms with Gasteiger partial charge >= 0.3 is 5.69 Å². The first-order valence-corrected chi connectivity index (χ1v) is 5.00. The third-order valence-electron chi connectivity index (χ3n) is 1.83. The van der Waals surface area contributed by atoms with E-state index in [1.807, 2.05) is 0 Å². The third kappa shape index (κ3) is 1.86. The molecule has 2 rings (SSSR count). The highest BCUT2D eigenvalue weighted by atomic mass is 32.2. The van der Waals surface area contributed by atoms with E-state index in [2.05, 4.69) is 15.2 Å². The molecule has 2 aromatic heterocycles. The van der Waals surface area contributed by atoms with Crippen molar-refractivity contribution in [2.75, 3.05) is 5.73 Å². The van der Waals surface area contributed by atoms with E-state index in [1.165, 1.54) is 16.3 Å². The fourth-order valence-corrected chi connectivity index (χ4v) is 1.78. The number of anilines is 1. The van der Waals surface area contributed by atoms with Gasteiger partial charge in [0.1, 0.15) is 5.03 Å². The van der Waals surface area contributed by atoms with Gasteiger partial charge in [-0.3, -0.25) is 4.57 Å². The predicted octanol–water partition coefficient (Wildman–Crippen LogP) is 0.237. The number of nitrogens with two attached hydrogens (primary N) is 1. The highest BCUT2D eigenvalue weighted by molar-refractivity contribution is 7.99. The van der Waals surface area contributed by atoms with Gasteiger partial charge in [-0.1, -0.05) is 0 Å². The number of nitrogens with zero attached hydrogens (tertiary/aromatic N) is 3. The average molecular weight is 223 g/mol. The van der Waals surface area contributed by atoms with Crippen LogP contribution in [0.25, 0.3) is 0 Å². The lowest BCUT2D eigenvalue weighted by Crippen LogP contribution is -2.12. The summed E-state index contributed by atoms with van der Waals surface area (Å²) in [4.78, 5) is 15.2. The summed E-state index contributed by atoms with van der Waals surface area (Å²) < 4.78 is 1.40. The summed E-state index contributed by atoms with van der Waals surface area (Å²) in [5, 5.41) is 7.36. The van der Waals surface area contributed by atoms with Crippen LogP contribution >= 0.6 is 11.8 Å². The molecule has 0 bridgehead atoms. The second kappa shape index (κ2) is 3.77. The molecule has 0 aromatic carbocycles. The van der Waals surface area contributed by atoms with Crippen molar-refractivity contribution < 1.29 is 0 Å². The van der Waals surface area contributed by atoms with Gasteiger partial charge < -0.3 is 5.73 Å². The smallest absolute Gasteiger partial charge is 0.343 e. The van der Waals surface area contributed by atoms with Crippen LogP contribution in [0.1, 0.15) is 0 Å². The molecule has 3 N–H and O–H groups in total. The maximum absolute atomic E-state index is 11.1. The standard InChI is InChI=1S/C8H9N5OS/c1-13-7(14)11-12-8(13)15-6-5(9)3-2-4-10-6/h2-4H,9H2,1H3,(H,11,14). The van der Waals surface area contributed by atoms with E-state index >= 15 is 0 Å². The Labute approximate surface area is 89.5 Å². The van der Waals surface area contributed by atoms with Crippen LogP contribution in [0.2, 0.25) is 0 Å². The van der Waals surface area contributed by atoms with E-state index in [9.17, 15) is 4.79 Å². The van der Waals surface area contributed by atoms with Crippen molar-refractivity contribution in [3.8, 4) is 0 Å². The molecule has 0 amide bonds. The van der Waals surface area contributed by atoms with Crippen molar-refractivity contribution in [2.24, 2.45) is 7.05 Å². The number of aromatic nitrogens is 4. The van der Waals surface area contributed by atoms with Gasteiger partial charge in [0.15, 0.2) is 5.16 Å². The maximum atomic E-state index is 11.1. The number of hydrogen-bond acceptors (Lipinski definition) is 5. The van der Waals surface area contributed by atoms with Crippen LogP contribution < -0.4 is 11.4 Å². The van der Waals surface area contributed by atoms with Crippen LogP contribution in [0, 0.1) is 0 Å². The minimum absolute atomic E-state index is 0.257. The van der Waals surface area contributed by atoms with Gasteiger partial charge in [0.05, 0.1) is 5.69 Å². The third-order valence-corrected chi connectivity index (χ3v) is 2.91. The molecule has 0 aliphatic rings. The zero-order valence-corrected chi connectivity index (χ0v) is 8.78. The molecule has 2 heterocycles. The van der Waals surface area contributed by atoms with E-state index in [4.69, 9.17) is 5.73 Å². The Kier molecular flexibility index (Phi) is 2.46. The molecular formula is C8H9N5OS. The Hall–Kier alpha value is -1.76. The SMILES string of the molecule is Cn1c(Sc2ncccc2N)n[nH]c1=O. The molecule has 15 heavy (non-hydrogen) atoms. The number of pyridine rings is 1. The van der Waals surface area contributed by atoms with Crippen LogP contribution in [0.5, 0.6) is 0 Å². The first kappa shape index (κ1) is 9.78. The molecule has 2 aromatic rings. The number of aromatic amines is 1. The Balaban J connectivity index is 2.34. The molecule has 0 aliphatic carbocycles. The van der Waals surface area contributed by atoms with Crippen molar-refractivity contribution in [3.05, 3.63) is 28.8 Å². The molecular weight excluding hydrogens is 214 g/mol. The zero-order valence-electron chi connectivity index (χ0n) is 7.97. The summed E-state index contributed by atoms with van der Waals surface area (Å²) in [5.74, 6) is 0. The first-order valence-electron chi connectivity index (χ1n) is 4.18. The van der Waals surface area contributed by atoms with Crippen molar-refractivity contribution >= 4 is 17.4 Å². The fourth-order valence-electron chi connectivity index (χ4n) is 0.999. The lowest BCUT2D eigenvalue weighted by molar-refractivity contribution is 0.765. The second-order valence-electron chi connectivity index (χ2n) is 2.87. The van der Waals surface area contributed by atoms with Crippen LogP contribution in [-0.2, 0) is 7.05 Å². The monoisotopic (exact) mass is 223 g/mol. The summed E-state index contributed by atoms with van der Waals surface area (Å²) in [6.07, 6.45) is 1.64. The second-order valence-corrected chi connectivity index (χ2v) is 3.83. The summed E-state index contributed by atoms with van der Waals surface area (Å²) in [7, 11) is 1.63. The van der Waals surface area contributed by atoms with Crippen LogP contribution in [0.3, 0.4) is 0 Å². The molecule has 0 unspecified atom stereocenters. The Morgan fingerprint density at radius 3 is 3.00 bits per heavy atom. The van der Waals surface area contributed by atoms with E-state index in [1.54, 1.807) is 25.4 Å². The number of hydrogen-bond donors (Lipinski definition) is 2. The van der Waals surface area contributed by atoms with Gasteiger partial charge in [0, 0.05) is 13.2 Å². The van der Waals surface area contributed by atoms with Crippen LogP contribution in [0.15, 0.2) is 33.3 Å². The maximum Gasteiger partial charge on any atom is 0.343 e. The van der Waals surface area contributed by atoms with Gasteiger partial charge in [-0.2, -0.15) is 0 Å². The largest absolute Gasteiger partial charge is 0.397 e. The normalized spacial score (nSPS) is 10.5. The summed E-state index contributed by atoms with van der Waals surface area (Å²) >= 11 is 1.25. The summed E-state index contributed by atoms with van der Waals surface area (Å²) in [6, 6.07) is 3.50. The molecule has 78 valence electrons. The lowest BCUT2D eigenvalue weighted by Gasteiger charge is -2.01. The Morgan fingerprint density at radius 2 is 2.40 bits per heavy atom. The number of nitrogen functional groups attached to an aromatic ring is 1. The number of H-pyrrole nitrogens is 1. The van der Waals surface area contributed by atoms with Gasteiger partial charge in [-0.15, -0.1) is 5.10 Å².